The molecule has 0 fully saturated rings. The Labute approximate surface area is 125 Å². The van der Waals surface area contributed by atoms with Crippen molar-refractivity contribution < 1.29 is 9.53 Å². The van der Waals surface area contributed by atoms with Crippen LogP contribution in [-0.4, -0.2) is 37.2 Å². The lowest BCUT2D eigenvalue weighted by molar-refractivity contribution is -0.118. The zero-order valence-electron chi connectivity index (χ0n) is 12.1. The Hall–Kier alpha value is -1.26. The molecule has 1 aromatic rings. The molecule has 3 nitrogen and oxygen atoms in total. The first-order chi connectivity index (χ1) is 9.68. The molecule has 1 aromatic carbocycles. The number of benzene rings is 1. The van der Waals surface area contributed by atoms with Gasteiger partial charge in [-0.2, -0.15) is 11.8 Å². The minimum absolute atomic E-state index is 0.0713. The first kappa shape index (κ1) is 16.8. The van der Waals surface area contributed by atoms with E-state index in [4.69, 9.17) is 4.74 Å². The number of hydrogen-bond acceptors (Lipinski definition) is 3. The molecule has 0 heterocycles. The summed E-state index contributed by atoms with van der Waals surface area (Å²) in [6.45, 7) is 7.32. The Bertz CT molecular complexity index is 406. The van der Waals surface area contributed by atoms with Gasteiger partial charge in [0, 0.05) is 6.54 Å². The molecule has 110 valence electrons. The first-order valence-corrected chi connectivity index (χ1v) is 7.94. The van der Waals surface area contributed by atoms with Gasteiger partial charge in [-0.15, -0.1) is 0 Å². The predicted octanol–water partition coefficient (Wildman–Crippen LogP) is 2.67. The summed E-state index contributed by atoms with van der Waals surface area (Å²) in [4.78, 5) is 11.5. The van der Waals surface area contributed by atoms with Crippen LogP contribution in [0.25, 0.3) is 0 Å². The number of nitrogens with one attached hydrogen (secondary N) is 1. The fourth-order valence-electron chi connectivity index (χ4n) is 1.56. The molecule has 0 aliphatic heterocycles. The summed E-state index contributed by atoms with van der Waals surface area (Å²) in [6, 6.07) is 10.3. The van der Waals surface area contributed by atoms with Crippen LogP contribution >= 0.6 is 11.8 Å². The van der Waals surface area contributed by atoms with Gasteiger partial charge < -0.3 is 10.1 Å². The molecule has 1 amide bonds. The van der Waals surface area contributed by atoms with E-state index >= 15 is 0 Å². The lowest BCUT2D eigenvalue weighted by Crippen LogP contribution is -2.29. The average molecular weight is 293 g/mol. The number of rotatable bonds is 10. The molecule has 0 saturated heterocycles. The molecule has 1 rings (SSSR count). The summed E-state index contributed by atoms with van der Waals surface area (Å²) in [6.07, 6.45) is 1.00. The lowest BCUT2D eigenvalue weighted by atomic mass is 10.2. The summed E-state index contributed by atoms with van der Waals surface area (Å²) in [5.74, 6) is 1.54. The van der Waals surface area contributed by atoms with Crippen molar-refractivity contribution in [1.29, 1.82) is 0 Å². The molecule has 0 saturated carbocycles. The van der Waals surface area contributed by atoms with Gasteiger partial charge in [-0.1, -0.05) is 42.5 Å². The van der Waals surface area contributed by atoms with Crippen LogP contribution in [0.5, 0.6) is 0 Å². The number of ether oxygens (including phenoxy) is 1. The number of hydrogen-bond donors (Lipinski definition) is 1. The van der Waals surface area contributed by atoms with Gasteiger partial charge in [0.2, 0.25) is 5.91 Å². The highest BCUT2D eigenvalue weighted by Crippen LogP contribution is 2.06. The van der Waals surface area contributed by atoms with Crippen LogP contribution in [0.2, 0.25) is 0 Å². The standard InChI is InChI=1S/C16H23NO2S/c1-14(2)12-19-10-9-17-16(18)13-20-11-8-15-6-4-3-5-7-15/h3-7H,1,8-13H2,2H3,(H,17,18). The Morgan fingerprint density at radius 1 is 1.35 bits per heavy atom. The molecule has 0 aliphatic carbocycles. The van der Waals surface area contributed by atoms with E-state index in [1.807, 2.05) is 25.1 Å². The van der Waals surface area contributed by atoms with E-state index in [0.29, 0.717) is 25.5 Å². The number of thioether (sulfide) groups is 1. The molecule has 20 heavy (non-hydrogen) atoms. The zero-order valence-corrected chi connectivity index (χ0v) is 12.9. The highest BCUT2D eigenvalue weighted by molar-refractivity contribution is 7.99. The van der Waals surface area contributed by atoms with Crippen LogP contribution in [0.15, 0.2) is 42.5 Å². The van der Waals surface area contributed by atoms with Gasteiger partial charge in [0.05, 0.1) is 19.0 Å². The fraction of sp³-hybridized carbons (Fsp3) is 0.438. The highest BCUT2D eigenvalue weighted by atomic mass is 32.2. The van der Waals surface area contributed by atoms with Gasteiger partial charge in [0.25, 0.3) is 0 Å². The molecule has 0 aromatic heterocycles. The number of aryl methyl sites for hydroxylation is 1. The summed E-state index contributed by atoms with van der Waals surface area (Å²) in [5.41, 5.74) is 2.31. The summed E-state index contributed by atoms with van der Waals surface area (Å²) < 4.78 is 5.31. The van der Waals surface area contributed by atoms with Gasteiger partial charge in [0.1, 0.15) is 0 Å². The highest BCUT2D eigenvalue weighted by Gasteiger charge is 2.01. The third kappa shape index (κ3) is 8.77. The normalized spacial score (nSPS) is 10.2. The van der Waals surface area contributed by atoms with Gasteiger partial charge in [-0.3, -0.25) is 4.79 Å². The number of amides is 1. The van der Waals surface area contributed by atoms with E-state index in [1.165, 1.54) is 5.56 Å². The minimum Gasteiger partial charge on any atom is -0.375 e. The predicted molar refractivity (Wildman–Crippen MR) is 86.1 cm³/mol. The quantitative estimate of drug-likeness (QED) is 0.532. The maximum absolute atomic E-state index is 11.5. The van der Waals surface area contributed by atoms with Crippen molar-refractivity contribution in [3.05, 3.63) is 48.0 Å². The average Bonchev–Trinajstić information content (AvgIpc) is 2.44. The molecule has 0 aliphatic rings. The molecule has 0 atom stereocenters. The Morgan fingerprint density at radius 2 is 2.10 bits per heavy atom. The van der Waals surface area contributed by atoms with Crippen LogP contribution in [0, 0.1) is 0 Å². The summed E-state index contributed by atoms with van der Waals surface area (Å²) in [5, 5.41) is 2.84. The fourth-order valence-corrected chi connectivity index (χ4v) is 2.37. The van der Waals surface area contributed by atoms with Crippen LogP contribution in [0.3, 0.4) is 0 Å². The molecule has 4 heteroatoms. The molecular formula is C16H23NO2S. The van der Waals surface area contributed by atoms with Crippen LogP contribution < -0.4 is 5.32 Å². The maximum Gasteiger partial charge on any atom is 0.230 e. The van der Waals surface area contributed by atoms with E-state index in [2.05, 4.69) is 24.0 Å². The number of carbonyl (C=O) groups excluding carboxylic acids is 1. The van der Waals surface area contributed by atoms with E-state index < -0.39 is 0 Å². The van der Waals surface area contributed by atoms with Crippen LogP contribution in [-0.2, 0) is 16.0 Å². The Balaban J connectivity index is 1.96. The van der Waals surface area contributed by atoms with E-state index in [9.17, 15) is 4.79 Å². The van der Waals surface area contributed by atoms with Gasteiger partial charge in [-0.05, 0) is 24.7 Å². The van der Waals surface area contributed by atoms with Crippen molar-refractivity contribution in [2.45, 2.75) is 13.3 Å². The third-order valence-corrected chi connectivity index (χ3v) is 3.49. The van der Waals surface area contributed by atoms with Gasteiger partial charge in [-0.25, -0.2) is 0 Å². The van der Waals surface area contributed by atoms with Gasteiger partial charge >= 0.3 is 0 Å². The monoisotopic (exact) mass is 293 g/mol. The smallest absolute Gasteiger partial charge is 0.230 e. The van der Waals surface area contributed by atoms with Crippen LogP contribution in [0.4, 0.5) is 0 Å². The molecule has 0 spiro atoms. The SMILES string of the molecule is C=C(C)COCCNC(=O)CSCCc1ccccc1. The largest absolute Gasteiger partial charge is 0.375 e. The third-order valence-electron chi connectivity index (χ3n) is 2.53. The van der Waals surface area contributed by atoms with Crippen molar-refractivity contribution in [2.24, 2.45) is 0 Å². The second-order valence-electron chi connectivity index (χ2n) is 4.65. The van der Waals surface area contributed by atoms with Crippen molar-refractivity contribution in [3.8, 4) is 0 Å². The number of carbonyl (C=O) groups is 1. The maximum atomic E-state index is 11.5. The van der Waals surface area contributed by atoms with Crippen molar-refractivity contribution in [1.82, 2.24) is 5.32 Å². The molecular weight excluding hydrogens is 270 g/mol. The summed E-state index contributed by atoms with van der Waals surface area (Å²) >= 11 is 1.66. The Morgan fingerprint density at radius 3 is 2.80 bits per heavy atom. The van der Waals surface area contributed by atoms with Crippen LogP contribution in [0.1, 0.15) is 12.5 Å². The lowest BCUT2D eigenvalue weighted by Gasteiger charge is -2.06. The minimum atomic E-state index is 0.0713. The molecule has 1 N–H and O–H groups in total. The van der Waals surface area contributed by atoms with E-state index in [1.54, 1.807) is 11.8 Å². The van der Waals surface area contributed by atoms with Crippen molar-refractivity contribution in [2.75, 3.05) is 31.3 Å². The molecule has 0 unspecified atom stereocenters. The van der Waals surface area contributed by atoms with E-state index in [0.717, 1.165) is 17.7 Å². The second-order valence-corrected chi connectivity index (χ2v) is 5.75. The first-order valence-electron chi connectivity index (χ1n) is 6.79. The topological polar surface area (TPSA) is 38.3 Å². The van der Waals surface area contributed by atoms with Crippen molar-refractivity contribution >= 4 is 17.7 Å². The van der Waals surface area contributed by atoms with E-state index in [-0.39, 0.29) is 5.91 Å². The second kappa shape index (κ2) is 10.5. The summed E-state index contributed by atoms with van der Waals surface area (Å²) in [7, 11) is 0. The molecule has 0 bridgehead atoms. The Kier molecular flexibility index (Phi) is 8.83. The van der Waals surface area contributed by atoms with Gasteiger partial charge in [0.15, 0.2) is 0 Å². The van der Waals surface area contributed by atoms with Crippen molar-refractivity contribution in [3.63, 3.8) is 0 Å². The molecule has 0 radical (unpaired) electrons. The zero-order chi connectivity index (χ0) is 14.6.